The second kappa shape index (κ2) is 5.25. The monoisotopic (exact) mass is 225 g/mol. The summed E-state index contributed by atoms with van der Waals surface area (Å²) in [6.45, 7) is 1.03. The van der Waals surface area contributed by atoms with Gasteiger partial charge in [0, 0.05) is 5.69 Å². The molecule has 1 aromatic rings. The molecule has 1 aromatic carbocycles. The Hall–Kier alpha value is -1.91. The van der Waals surface area contributed by atoms with Gasteiger partial charge in [0.15, 0.2) is 5.78 Å². The SMILES string of the molecule is COc1ccc(NC(=O)[C@H](F)C(C)=O)cc1. The lowest BCUT2D eigenvalue weighted by atomic mass is 10.2. The number of rotatable bonds is 4. The van der Waals surface area contributed by atoms with Crippen LogP contribution in [0, 0.1) is 0 Å². The van der Waals surface area contributed by atoms with E-state index in [0.717, 1.165) is 6.92 Å². The number of hydrogen-bond donors (Lipinski definition) is 1. The number of amides is 1. The lowest BCUT2D eigenvalue weighted by Gasteiger charge is -2.07. The zero-order valence-corrected chi connectivity index (χ0v) is 8.99. The van der Waals surface area contributed by atoms with Crippen molar-refractivity contribution in [3.8, 4) is 5.75 Å². The van der Waals surface area contributed by atoms with Gasteiger partial charge in [-0.15, -0.1) is 0 Å². The quantitative estimate of drug-likeness (QED) is 0.791. The molecule has 1 atom stereocenters. The molecular formula is C11H12FNO3. The largest absolute Gasteiger partial charge is 0.497 e. The number of nitrogens with one attached hydrogen (secondary N) is 1. The molecule has 0 saturated carbocycles. The van der Waals surface area contributed by atoms with Crippen molar-refractivity contribution in [3.05, 3.63) is 24.3 Å². The number of alkyl halides is 1. The first kappa shape index (κ1) is 12.2. The highest BCUT2D eigenvalue weighted by molar-refractivity contribution is 6.08. The average molecular weight is 225 g/mol. The Balaban J connectivity index is 2.66. The number of carbonyl (C=O) groups excluding carboxylic acids is 2. The zero-order chi connectivity index (χ0) is 12.1. The molecule has 0 unspecified atom stereocenters. The summed E-state index contributed by atoms with van der Waals surface area (Å²) in [7, 11) is 1.51. The first-order valence-corrected chi connectivity index (χ1v) is 4.64. The van der Waals surface area contributed by atoms with Gasteiger partial charge in [-0.1, -0.05) is 0 Å². The summed E-state index contributed by atoms with van der Waals surface area (Å²) in [5.41, 5.74) is 0.412. The third kappa shape index (κ3) is 3.05. The van der Waals surface area contributed by atoms with Crippen molar-refractivity contribution in [1.29, 1.82) is 0 Å². The maximum atomic E-state index is 13.0. The van der Waals surface area contributed by atoms with Crippen LogP contribution in [-0.2, 0) is 9.59 Å². The van der Waals surface area contributed by atoms with Crippen LogP contribution in [0.4, 0.5) is 10.1 Å². The summed E-state index contributed by atoms with van der Waals surface area (Å²) in [5.74, 6) is -1.15. The fourth-order valence-electron chi connectivity index (χ4n) is 1.06. The van der Waals surface area contributed by atoms with E-state index in [-0.39, 0.29) is 0 Å². The van der Waals surface area contributed by atoms with Crippen molar-refractivity contribution >= 4 is 17.4 Å². The number of Topliss-reactive ketones (excluding diaryl/α,β-unsaturated/α-hetero) is 1. The molecule has 4 nitrogen and oxygen atoms in total. The van der Waals surface area contributed by atoms with Crippen LogP contribution in [0.15, 0.2) is 24.3 Å². The van der Waals surface area contributed by atoms with Gasteiger partial charge in [-0.05, 0) is 31.2 Å². The second-order valence-corrected chi connectivity index (χ2v) is 3.19. The molecule has 0 fully saturated rings. The highest BCUT2D eigenvalue weighted by Gasteiger charge is 2.21. The molecule has 0 saturated heterocycles. The number of ketones is 1. The third-order valence-electron chi connectivity index (χ3n) is 1.94. The van der Waals surface area contributed by atoms with E-state index in [9.17, 15) is 14.0 Å². The van der Waals surface area contributed by atoms with Crippen LogP contribution in [0.3, 0.4) is 0 Å². The predicted molar refractivity (Wildman–Crippen MR) is 57.2 cm³/mol. The number of halogens is 1. The number of methoxy groups -OCH3 is 1. The molecule has 16 heavy (non-hydrogen) atoms. The third-order valence-corrected chi connectivity index (χ3v) is 1.94. The van der Waals surface area contributed by atoms with Crippen LogP contribution in [-0.4, -0.2) is 25.0 Å². The predicted octanol–water partition coefficient (Wildman–Crippen LogP) is 1.56. The second-order valence-electron chi connectivity index (χ2n) is 3.19. The summed E-state index contributed by atoms with van der Waals surface area (Å²) in [5, 5.41) is 2.28. The van der Waals surface area contributed by atoms with Gasteiger partial charge in [-0.25, -0.2) is 4.39 Å². The van der Waals surface area contributed by atoms with E-state index < -0.39 is 17.9 Å². The Bertz CT molecular complexity index is 389. The lowest BCUT2D eigenvalue weighted by molar-refractivity contribution is -0.131. The molecule has 0 aliphatic carbocycles. The Morgan fingerprint density at radius 1 is 1.31 bits per heavy atom. The van der Waals surface area contributed by atoms with Crippen LogP contribution in [0.2, 0.25) is 0 Å². The fourth-order valence-corrected chi connectivity index (χ4v) is 1.06. The Morgan fingerprint density at radius 3 is 2.31 bits per heavy atom. The summed E-state index contributed by atoms with van der Waals surface area (Å²) < 4.78 is 17.9. The van der Waals surface area contributed by atoms with Gasteiger partial charge in [0.25, 0.3) is 5.91 Å². The Labute approximate surface area is 92.4 Å². The zero-order valence-electron chi connectivity index (χ0n) is 8.99. The van der Waals surface area contributed by atoms with Crippen LogP contribution < -0.4 is 10.1 Å². The van der Waals surface area contributed by atoms with E-state index in [1.807, 2.05) is 0 Å². The van der Waals surface area contributed by atoms with Gasteiger partial charge in [-0.3, -0.25) is 9.59 Å². The van der Waals surface area contributed by atoms with Gasteiger partial charge in [0.2, 0.25) is 6.17 Å². The Morgan fingerprint density at radius 2 is 1.88 bits per heavy atom. The summed E-state index contributed by atoms with van der Waals surface area (Å²) in [4.78, 5) is 21.8. The topological polar surface area (TPSA) is 55.4 Å². The Kier molecular flexibility index (Phi) is 3.99. The number of anilines is 1. The van der Waals surface area contributed by atoms with E-state index >= 15 is 0 Å². The van der Waals surface area contributed by atoms with E-state index in [1.165, 1.54) is 7.11 Å². The maximum Gasteiger partial charge on any atom is 0.266 e. The fraction of sp³-hybridized carbons (Fsp3) is 0.273. The first-order valence-electron chi connectivity index (χ1n) is 4.64. The van der Waals surface area contributed by atoms with Crippen LogP contribution in [0.5, 0.6) is 5.75 Å². The molecule has 1 N–H and O–H groups in total. The minimum absolute atomic E-state index is 0.412. The molecule has 1 amide bonds. The first-order chi connectivity index (χ1) is 7.54. The van der Waals surface area contributed by atoms with E-state index in [4.69, 9.17) is 4.74 Å². The normalized spacial score (nSPS) is 11.7. The molecule has 0 spiro atoms. The minimum atomic E-state index is -2.12. The number of ether oxygens (including phenoxy) is 1. The van der Waals surface area contributed by atoms with Crippen molar-refractivity contribution < 1.29 is 18.7 Å². The molecule has 5 heteroatoms. The highest BCUT2D eigenvalue weighted by Crippen LogP contribution is 2.15. The number of carbonyl (C=O) groups is 2. The van der Waals surface area contributed by atoms with Crippen molar-refractivity contribution in [2.45, 2.75) is 13.1 Å². The minimum Gasteiger partial charge on any atom is -0.497 e. The molecule has 0 aliphatic rings. The number of hydrogen-bond acceptors (Lipinski definition) is 3. The molecule has 0 bridgehead atoms. The molecule has 0 aliphatic heterocycles. The standard InChI is InChI=1S/C11H12FNO3/c1-7(14)10(12)11(15)13-8-3-5-9(16-2)6-4-8/h3-6,10H,1-2H3,(H,13,15)/t10-/m1/s1. The van der Waals surface area contributed by atoms with Gasteiger partial charge >= 0.3 is 0 Å². The van der Waals surface area contributed by atoms with E-state index in [0.29, 0.717) is 11.4 Å². The summed E-state index contributed by atoms with van der Waals surface area (Å²) >= 11 is 0. The molecule has 86 valence electrons. The smallest absolute Gasteiger partial charge is 0.266 e. The van der Waals surface area contributed by atoms with Crippen LogP contribution in [0.25, 0.3) is 0 Å². The van der Waals surface area contributed by atoms with Crippen LogP contribution in [0.1, 0.15) is 6.92 Å². The van der Waals surface area contributed by atoms with Gasteiger partial charge < -0.3 is 10.1 Å². The summed E-state index contributed by atoms with van der Waals surface area (Å²) in [6.07, 6.45) is -2.12. The number of benzene rings is 1. The van der Waals surface area contributed by atoms with Crippen molar-refractivity contribution in [2.24, 2.45) is 0 Å². The summed E-state index contributed by atoms with van der Waals surface area (Å²) in [6, 6.07) is 6.36. The molecule has 1 rings (SSSR count). The molecule has 0 heterocycles. The van der Waals surface area contributed by atoms with E-state index in [2.05, 4.69) is 5.32 Å². The van der Waals surface area contributed by atoms with Gasteiger partial charge in [0.05, 0.1) is 7.11 Å². The average Bonchev–Trinajstić information content (AvgIpc) is 2.28. The van der Waals surface area contributed by atoms with Crippen molar-refractivity contribution in [3.63, 3.8) is 0 Å². The van der Waals surface area contributed by atoms with Crippen molar-refractivity contribution in [2.75, 3.05) is 12.4 Å². The van der Waals surface area contributed by atoms with Gasteiger partial charge in [-0.2, -0.15) is 0 Å². The molecular weight excluding hydrogens is 213 g/mol. The van der Waals surface area contributed by atoms with Crippen molar-refractivity contribution in [1.82, 2.24) is 0 Å². The van der Waals surface area contributed by atoms with Crippen LogP contribution >= 0.6 is 0 Å². The van der Waals surface area contributed by atoms with Gasteiger partial charge in [0.1, 0.15) is 5.75 Å². The molecule has 0 aromatic heterocycles. The van der Waals surface area contributed by atoms with E-state index in [1.54, 1.807) is 24.3 Å². The maximum absolute atomic E-state index is 13.0. The molecule has 0 radical (unpaired) electrons. The lowest BCUT2D eigenvalue weighted by Crippen LogP contribution is -2.29. The highest BCUT2D eigenvalue weighted by atomic mass is 19.1.